The molecule has 0 bridgehead atoms. The van der Waals surface area contributed by atoms with Crippen LogP contribution in [-0.2, 0) is 17.6 Å². The van der Waals surface area contributed by atoms with E-state index in [1.165, 1.54) is 22.2 Å². The Kier molecular flexibility index (Phi) is 4.82. The molecule has 134 valence electrons. The van der Waals surface area contributed by atoms with Crippen LogP contribution in [0.1, 0.15) is 23.8 Å². The summed E-state index contributed by atoms with van der Waals surface area (Å²) in [6, 6.07) is 9.32. The number of nitrogens with zero attached hydrogens (tertiary/aromatic N) is 1. The Morgan fingerprint density at radius 1 is 1.38 bits per heavy atom. The van der Waals surface area contributed by atoms with E-state index in [0.717, 1.165) is 35.2 Å². The summed E-state index contributed by atoms with van der Waals surface area (Å²) in [5.74, 6) is 0.735. The van der Waals surface area contributed by atoms with Crippen molar-refractivity contribution in [3.8, 4) is 0 Å². The van der Waals surface area contributed by atoms with Crippen molar-refractivity contribution in [1.29, 1.82) is 0 Å². The maximum absolute atomic E-state index is 12.5. The molecule has 7 heteroatoms. The standard InChI is InChI=1S/C19H19N3O2S2/c1-11-7-8-13-14(9-11)26-18-16(13)17(24)21-19(22-18)25-10-15(23)20-12-5-3-2-4-6-12/h2-6,11H,7-10H2,1H3,(H,20,23)(H,21,22,24). The molecule has 2 N–H and O–H groups in total. The third-order valence-electron chi connectivity index (χ3n) is 4.54. The maximum atomic E-state index is 12.5. The number of H-pyrrole nitrogens is 1. The Morgan fingerprint density at radius 2 is 2.19 bits per heavy atom. The molecule has 3 aromatic rings. The molecule has 1 unspecified atom stereocenters. The minimum absolute atomic E-state index is 0.0898. The number of thiophene rings is 1. The second kappa shape index (κ2) is 7.25. The van der Waals surface area contributed by atoms with Crippen LogP contribution < -0.4 is 10.9 Å². The van der Waals surface area contributed by atoms with Crippen molar-refractivity contribution in [2.24, 2.45) is 5.92 Å². The number of nitrogens with one attached hydrogen (secondary N) is 2. The fourth-order valence-electron chi connectivity index (χ4n) is 3.25. The molecule has 1 atom stereocenters. The number of hydrogen-bond acceptors (Lipinski definition) is 5. The molecule has 0 saturated heterocycles. The van der Waals surface area contributed by atoms with Gasteiger partial charge in [-0.05, 0) is 42.9 Å². The first kappa shape index (κ1) is 17.3. The lowest BCUT2D eigenvalue weighted by Crippen LogP contribution is -2.16. The zero-order valence-corrected chi connectivity index (χ0v) is 16.0. The second-order valence-corrected chi connectivity index (χ2v) is 8.65. The summed E-state index contributed by atoms with van der Waals surface area (Å²) in [5, 5.41) is 4.07. The maximum Gasteiger partial charge on any atom is 0.260 e. The zero-order chi connectivity index (χ0) is 18.1. The van der Waals surface area contributed by atoms with Crippen LogP contribution in [0.15, 0.2) is 40.3 Å². The Balaban J connectivity index is 1.51. The molecule has 4 rings (SSSR count). The van der Waals surface area contributed by atoms with Crippen molar-refractivity contribution in [2.45, 2.75) is 31.3 Å². The highest BCUT2D eigenvalue weighted by atomic mass is 32.2. The van der Waals surface area contributed by atoms with E-state index in [1.54, 1.807) is 11.3 Å². The summed E-state index contributed by atoms with van der Waals surface area (Å²) in [6.07, 6.45) is 3.10. The van der Waals surface area contributed by atoms with E-state index >= 15 is 0 Å². The highest BCUT2D eigenvalue weighted by Crippen LogP contribution is 2.36. The van der Waals surface area contributed by atoms with Crippen molar-refractivity contribution in [1.82, 2.24) is 9.97 Å². The van der Waals surface area contributed by atoms with Crippen LogP contribution in [0.25, 0.3) is 10.2 Å². The summed E-state index contributed by atoms with van der Waals surface area (Å²) >= 11 is 2.87. The van der Waals surface area contributed by atoms with Crippen LogP contribution in [-0.4, -0.2) is 21.6 Å². The lowest BCUT2D eigenvalue weighted by molar-refractivity contribution is -0.113. The number of rotatable bonds is 4. The van der Waals surface area contributed by atoms with Crippen LogP contribution in [0.4, 0.5) is 5.69 Å². The normalized spacial score (nSPS) is 16.4. The SMILES string of the molecule is CC1CCc2c(sc3nc(SCC(=O)Nc4ccccc4)[nH]c(=O)c23)C1. The molecule has 5 nitrogen and oxygen atoms in total. The number of carbonyl (C=O) groups excluding carboxylic acids is 1. The van der Waals surface area contributed by atoms with Crippen molar-refractivity contribution >= 4 is 44.9 Å². The van der Waals surface area contributed by atoms with E-state index in [0.29, 0.717) is 11.1 Å². The van der Waals surface area contributed by atoms with Crippen molar-refractivity contribution < 1.29 is 4.79 Å². The van der Waals surface area contributed by atoms with Crippen LogP contribution in [0.3, 0.4) is 0 Å². The molecule has 2 heterocycles. The molecule has 0 fully saturated rings. The average molecular weight is 386 g/mol. The molecule has 0 aliphatic heterocycles. The van der Waals surface area contributed by atoms with Crippen LogP contribution in [0, 0.1) is 5.92 Å². The summed E-state index contributed by atoms with van der Waals surface area (Å²) in [5.41, 5.74) is 1.85. The Hall–Kier alpha value is -2.12. The minimum atomic E-state index is -0.122. The number of benzene rings is 1. The Morgan fingerprint density at radius 3 is 3.00 bits per heavy atom. The Labute approximate surface area is 159 Å². The van der Waals surface area contributed by atoms with Gasteiger partial charge >= 0.3 is 0 Å². The minimum Gasteiger partial charge on any atom is -0.325 e. The predicted octanol–water partition coefficient (Wildman–Crippen LogP) is 3.84. The highest BCUT2D eigenvalue weighted by Gasteiger charge is 2.23. The largest absolute Gasteiger partial charge is 0.325 e. The summed E-state index contributed by atoms with van der Waals surface area (Å²) in [4.78, 5) is 34.1. The molecule has 1 aromatic carbocycles. The highest BCUT2D eigenvalue weighted by molar-refractivity contribution is 7.99. The van der Waals surface area contributed by atoms with Gasteiger partial charge in [0.25, 0.3) is 5.56 Å². The third kappa shape index (κ3) is 3.54. The molecule has 0 spiro atoms. The summed E-state index contributed by atoms with van der Waals surface area (Å²) in [6.45, 7) is 2.25. The summed E-state index contributed by atoms with van der Waals surface area (Å²) < 4.78 is 0. The fraction of sp³-hybridized carbons (Fsp3) is 0.316. The van der Waals surface area contributed by atoms with Crippen LogP contribution in [0.5, 0.6) is 0 Å². The van der Waals surface area contributed by atoms with Crippen LogP contribution >= 0.6 is 23.1 Å². The molecule has 1 amide bonds. The van der Waals surface area contributed by atoms with Crippen molar-refractivity contribution in [3.05, 3.63) is 51.1 Å². The number of hydrogen-bond donors (Lipinski definition) is 2. The van der Waals surface area contributed by atoms with Gasteiger partial charge in [-0.15, -0.1) is 11.3 Å². The van der Waals surface area contributed by atoms with E-state index in [-0.39, 0.29) is 17.2 Å². The van der Waals surface area contributed by atoms with E-state index in [4.69, 9.17) is 0 Å². The first-order valence-corrected chi connectivity index (χ1v) is 10.4. The van der Waals surface area contributed by atoms with E-state index in [2.05, 4.69) is 22.2 Å². The number of aromatic nitrogens is 2. The quantitative estimate of drug-likeness (QED) is 0.529. The monoisotopic (exact) mass is 385 g/mol. The third-order valence-corrected chi connectivity index (χ3v) is 6.56. The van der Waals surface area contributed by atoms with Crippen molar-refractivity contribution in [2.75, 3.05) is 11.1 Å². The smallest absolute Gasteiger partial charge is 0.260 e. The van der Waals surface area contributed by atoms with Gasteiger partial charge in [0.15, 0.2) is 5.16 Å². The van der Waals surface area contributed by atoms with E-state index in [9.17, 15) is 9.59 Å². The van der Waals surface area contributed by atoms with Gasteiger partial charge in [0.2, 0.25) is 5.91 Å². The van der Waals surface area contributed by atoms with Gasteiger partial charge in [-0.2, -0.15) is 0 Å². The van der Waals surface area contributed by atoms with Crippen LogP contribution in [0.2, 0.25) is 0 Å². The van der Waals surface area contributed by atoms with Crippen molar-refractivity contribution in [3.63, 3.8) is 0 Å². The predicted molar refractivity (Wildman–Crippen MR) is 107 cm³/mol. The number of fused-ring (bicyclic) bond motifs is 3. The number of aromatic amines is 1. The van der Waals surface area contributed by atoms with Gasteiger partial charge in [0, 0.05) is 10.6 Å². The number of thioether (sulfide) groups is 1. The molecule has 26 heavy (non-hydrogen) atoms. The van der Waals surface area contributed by atoms with Gasteiger partial charge in [0.1, 0.15) is 4.83 Å². The number of aryl methyl sites for hydroxylation is 1. The number of carbonyl (C=O) groups is 1. The van der Waals surface area contributed by atoms with Gasteiger partial charge in [0.05, 0.1) is 11.1 Å². The molecule has 0 saturated carbocycles. The lowest BCUT2D eigenvalue weighted by Gasteiger charge is -2.17. The number of para-hydroxylation sites is 1. The molecular weight excluding hydrogens is 366 g/mol. The molecule has 0 radical (unpaired) electrons. The van der Waals surface area contributed by atoms with Gasteiger partial charge in [-0.25, -0.2) is 4.98 Å². The van der Waals surface area contributed by atoms with E-state index < -0.39 is 0 Å². The molecule has 1 aliphatic rings. The zero-order valence-electron chi connectivity index (χ0n) is 14.4. The molecular formula is C19H19N3O2S2. The first-order chi connectivity index (χ1) is 12.6. The number of amides is 1. The van der Waals surface area contributed by atoms with Gasteiger partial charge in [-0.1, -0.05) is 36.9 Å². The second-order valence-electron chi connectivity index (χ2n) is 6.61. The average Bonchev–Trinajstić information content (AvgIpc) is 2.98. The topological polar surface area (TPSA) is 74.8 Å². The van der Waals surface area contributed by atoms with Gasteiger partial charge in [-0.3, -0.25) is 9.59 Å². The van der Waals surface area contributed by atoms with Gasteiger partial charge < -0.3 is 10.3 Å². The fourth-order valence-corrected chi connectivity index (χ4v) is 5.35. The molecule has 1 aliphatic carbocycles. The Bertz CT molecular complexity index is 1010. The molecule has 2 aromatic heterocycles. The summed E-state index contributed by atoms with van der Waals surface area (Å²) in [7, 11) is 0. The lowest BCUT2D eigenvalue weighted by atomic mass is 9.89. The van der Waals surface area contributed by atoms with E-state index in [1.807, 2.05) is 30.3 Å². The first-order valence-electron chi connectivity index (χ1n) is 8.62. The number of anilines is 1.